The highest BCUT2D eigenvalue weighted by Gasteiger charge is 2.41. The molecule has 1 saturated carbocycles. The molecule has 2 atom stereocenters. The number of amides is 1. The van der Waals surface area contributed by atoms with E-state index < -0.39 is 5.60 Å². The molecular formula is C21H34N2O3. The highest BCUT2D eigenvalue weighted by Crippen LogP contribution is 2.35. The molecular weight excluding hydrogens is 328 g/mol. The summed E-state index contributed by atoms with van der Waals surface area (Å²) in [6.07, 6.45) is 3.76. The van der Waals surface area contributed by atoms with Gasteiger partial charge in [0.15, 0.2) is 0 Å². The first kappa shape index (κ1) is 20.7. The molecule has 1 amide bonds. The number of carbonyl (C=O) groups is 1. The van der Waals surface area contributed by atoms with E-state index in [-0.39, 0.29) is 5.91 Å². The number of nitrogens with one attached hydrogen (secondary N) is 1. The Labute approximate surface area is 158 Å². The van der Waals surface area contributed by atoms with Crippen LogP contribution >= 0.6 is 0 Å². The number of anilines is 1. The van der Waals surface area contributed by atoms with Gasteiger partial charge in [0.2, 0.25) is 0 Å². The van der Waals surface area contributed by atoms with Crippen molar-refractivity contribution in [2.75, 3.05) is 38.7 Å². The number of hydrogen-bond acceptors (Lipinski definition) is 4. The summed E-state index contributed by atoms with van der Waals surface area (Å²) in [5, 5.41) is 3.02. The Bertz CT molecular complexity index is 557. The summed E-state index contributed by atoms with van der Waals surface area (Å²) in [4.78, 5) is 15.1. The van der Waals surface area contributed by atoms with Crippen molar-refractivity contribution in [3.05, 3.63) is 24.3 Å². The minimum atomic E-state index is -0.698. The van der Waals surface area contributed by atoms with E-state index in [4.69, 9.17) is 9.47 Å². The third-order valence-electron chi connectivity index (χ3n) is 5.44. The van der Waals surface area contributed by atoms with Gasteiger partial charge in [-0.25, -0.2) is 0 Å². The zero-order chi connectivity index (χ0) is 19.0. The van der Waals surface area contributed by atoms with Crippen molar-refractivity contribution in [3.63, 3.8) is 0 Å². The topological polar surface area (TPSA) is 50.8 Å². The van der Waals surface area contributed by atoms with Gasteiger partial charge in [-0.1, -0.05) is 27.2 Å². The maximum Gasteiger partial charge on any atom is 0.256 e. The first-order valence-electron chi connectivity index (χ1n) is 9.84. The molecule has 1 aliphatic carbocycles. The van der Waals surface area contributed by atoms with E-state index in [1.54, 1.807) is 7.11 Å². The maximum atomic E-state index is 12.8. The average molecular weight is 363 g/mol. The van der Waals surface area contributed by atoms with Crippen molar-refractivity contribution in [2.45, 2.75) is 52.1 Å². The lowest BCUT2D eigenvalue weighted by molar-refractivity contribution is -0.143. The van der Waals surface area contributed by atoms with E-state index in [9.17, 15) is 4.79 Å². The molecule has 0 radical (unpaired) electrons. The Morgan fingerprint density at radius 1 is 1.27 bits per heavy atom. The lowest BCUT2D eigenvalue weighted by Crippen LogP contribution is -2.47. The van der Waals surface area contributed by atoms with Gasteiger partial charge < -0.3 is 19.7 Å². The molecule has 1 aromatic carbocycles. The molecule has 0 unspecified atom stereocenters. The van der Waals surface area contributed by atoms with Crippen molar-refractivity contribution in [2.24, 2.45) is 5.92 Å². The van der Waals surface area contributed by atoms with E-state index in [0.29, 0.717) is 12.5 Å². The van der Waals surface area contributed by atoms with Crippen LogP contribution in [0.3, 0.4) is 0 Å². The van der Waals surface area contributed by atoms with Crippen LogP contribution in [0, 0.1) is 5.92 Å². The predicted octanol–water partition coefficient (Wildman–Crippen LogP) is 3.94. The summed E-state index contributed by atoms with van der Waals surface area (Å²) in [6.45, 7) is 10.1. The zero-order valence-corrected chi connectivity index (χ0v) is 16.7. The molecule has 5 heteroatoms. The van der Waals surface area contributed by atoms with Crippen LogP contribution in [-0.2, 0) is 9.53 Å². The largest absolute Gasteiger partial charge is 0.492 e. The summed E-state index contributed by atoms with van der Waals surface area (Å²) in [5.74, 6) is 1.29. The van der Waals surface area contributed by atoms with E-state index in [2.05, 4.69) is 31.0 Å². The number of nitrogens with zero attached hydrogens (tertiary/aromatic N) is 1. The quantitative estimate of drug-likeness (QED) is 0.723. The summed E-state index contributed by atoms with van der Waals surface area (Å²) >= 11 is 0. The van der Waals surface area contributed by atoms with Crippen molar-refractivity contribution in [1.82, 2.24) is 4.90 Å². The van der Waals surface area contributed by atoms with Crippen LogP contribution in [0.25, 0.3) is 0 Å². The number of rotatable bonds is 9. The fraction of sp³-hybridized carbons (Fsp3) is 0.667. The predicted molar refractivity (Wildman–Crippen MR) is 106 cm³/mol. The van der Waals surface area contributed by atoms with Crippen LogP contribution in [0.2, 0.25) is 0 Å². The molecule has 0 saturated heterocycles. The van der Waals surface area contributed by atoms with Gasteiger partial charge in [-0.05, 0) is 62.5 Å². The Morgan fingerprint density at radius 3 is 2.54 bits per heavy atom. The summed E-state index contributed by atoms with van der Waals surface area (Å²) in [7, 11) is 1.64. The maximum absolute atomic E-state index is 12.8. The number of methoxy groups -OCH3 is 1. The molecule has 1 fully saturated rings. The number of likely N-dealkylation sites (N-methyl/N-ethyl adjacent to an activating group) is 1. The Hall–Kier alpha value is -1.59. The van der Waals surface area contributed by atoms with Crippen LogP contribution in [0.15, 0.2) is 24.3 Å². The molecule has 146 valence electrons. The van der Waals surface area contributed by atoms with Crippen molar-refractivity contribution in [3.8, 4) is 5.75 Å². The third-order valence-corrected chi connectivity index (χ3v) is 5.44. The van der Waals surface area contributed by atoms with Gasteiger partial charge in [0.05, 0.1) is 0 Å². The molecule has 2 rings (SSSR count). The van der Waals surface area contributed by atoms with Crippen LogP contribution in [0.4, 0.5) is 5.69 Å². The zero-order valence-electron chi connectivity index (χ0n) is 16.7. The molecule has 0 aromatic heterocycles. The Kier molecular flexibility index (Phi) is 7.91. The lowest BCUT2D eigenvalue weighted by Gasteiger charge is -2.37. The van der Waals surface area contributed by atoms with Gasteiger partial charge in [0.1, 0.15) is 18.0 Å². The van der Waals surface area contributed by atoms with Gasteiger partial charge in [-0.3, -0.25) is 4.79 Å². The van der Waals surface area contributed by atoms with Gasteiger partial charge in [0, 0.05) is 19.3 Å². The summed E-state index contributed by atoms with van der Waals surface area (Å²) in [6, 6.07) is 7.59. The number of hydrogen-bond donors (Lipinski definition) is 1. The average Bonchev–Trinajstić information content (AvgIpc) is 2.66. The molecule has 0 aliphatic heterocycles. The van der Waals surface area contributed by atoms with Crippen molar-refractivity contribution >= 4 is 11.6 Å². The van der Waals surface area contributed by atoms with E-state index in [0.717, 1.165) is 56.8 Å². The smallest absolute Gasteiger partial charge is 0.256 e. The second kappa shape index (κ2) is 9.93. The minimum absolute atomic E-state index is 0.0400. The molecule has 26 heavy (non-hydrogen) atoms. The fourth-order valence-corrected chi connectivity index (χ4v) is 3.70. The van der Waals surface area contributed by atoms with E-state index in [1.165, 1.54) is 0 Å². The molecule has 5 nitrogen and oxygen atoms in total. The van der Waals surface area contributed by atoms with E-state index in [1.807, 2.05) is 24.3 Å². The molecule has 0 heterocycles. The lowest BCUT2D eigenvalue weighted by atomic mass is 9.78. The van der Waals surface area contributed by atoms with Crippen molar-refractivity contribution < 1.29 is 14.3 Å². The Balaban J connectivity index is 1.88. The normalized spacial score (nSPS) is 23.0. The molecule has 0 spiro atoms. The van der Waals surface area contributed by atoms with Crippen LogP contribution in [0.1, 0.15) is 46.5 Å². The Morgan fingerprint density at radius 2 is 1.96 bits per heavy atom. The fourth-order valence-electron chi connectivity index (χ4n) is 3.70. The third kappa shape index (κ3) is 5.45. The number of benzene rings is 1. The first-order chi connectivity index (χ1) is 12.5. The molecule has 1 aromatic rings. The summed E-state index contributed by atoms with van der Waals surface area (Å²) < 4.78 is 11.5. The SMILES string of the molecule is CCN(CC)CCOc1ccc(NC(=O)[C@@]2(OC)CCC[C@@H](C)C2)cc1. The monoisotopic (exact) mass is 362 g/mol. The standard InChI is InChI=1S/C21H34N2O3/c1-5-23(6-2)14-15-26-19-11-9-18(10-12-19)22-20(24)21(25-4)13-7-8-17(3)16-21/h9-12,17H,5-8,13-16H2,1-4H3,(H,22,24)/t17-,21-/m1/s1. The van der Waals surface area contributed by atoms with Gasteiger partial charge in [-0.15, -0.1) is 0 Å². The van der Waals surface area contributed by atoms with Crippen LogP contribution < -0.4 is 10.1 Å². The highest BCUT2D eigenvalue weighted by atomic mass is 16.5. The second-order valence-electron chi connectivity index (χ2n) is 7.25. The number of ether oxygens (including phenoxy) is 2. The highest BCUT2D eigenvalue weighted by molar-refractivity contribution is 5.97. The van der Waals surface area contributed by atoms with Crippen LogP contribution in [-0.4, -0.2) is 49.8 Å². The van der Waals surface area contributed by atoms with Gasteiger partial charge >= 0.3 is 0 Å². The minimum Gasteiger partial charge on any atom is -0.492 e. The van der Waals surface area contributed by atoms with Crippen molar-refractivity contribution in [1.29, 1.82) is 0 Å². The summed E-state index contributed by atoms with van der Waals surface area (Å²) in [5.41, 5.74) is 0.0807. The molecule has 1 N–H and O–H groups in total. The number of carbonyl (C=O) groups excluding carboxylic acids is 1. The first-order valence-corrected chi connectivity index (χ1v) is 9.84. The molecule has 0 bridgehead atoms. The van der Waals surface area contributed by atoms with Crippen LogP contribution in [0.5, 0.6) is 5.75 Å². The van der Waals surface area contributed by atoms with E-state index >= 15 is 0 Å². The van der Waals surface area contributed by atoms with Gasteiger partial charge in [0.25, 0.3) is 5.91 Å². The van der Waals surface area contributed by atoms with Gasteiger partial charge in [-0.2, -0.15) is 0 Å². The molecule has 1 aliphatic rings. The second-order valence-corrected chi connectivity index (χ2v) is 7.25.